The number of carbonyl (C=O) groups excluding carboxylic acids is 2. The third kappa shape index (κ3) is 6.31. The molecule has 0 saturated carbocycles. The third-order valence-corrected chi connectivity index (χ3v) is 3.40. The van der Waals surface area contributed by atoms with Crippen LogP contribution in [0.3, 0.4) is 0 Å². The second-order valence-corrected chi connectivity index (χ2v) is 5.41. The maximum atomic E-state index is 12.0. The van der Waals surface area contributed by atoms with Crippen LogP contribution in [-0.2, 0) is 9.59 Å². The van der Waals surface area contributed by atoms with Crippen molar-refractivity contribution in [3.05, 3.63) is 34.4 Å². The predicted octanol–water partition coefficient (Wildman–Crippen LogP) is 0.494. The number of hydrogen-bond acceptors (Lipinski definition) is 6. The average molecular weight is 337 g/mol. The molecule has 0 radical (unpaired) electrons. The van der Waals surface area contributed by atoms with Crippen LogP contribution in [0.25, 0.3) is 0 Å². The van der Waals surface area contributed by atoms with E-state index in [0.717, 1.165) is 12.8 Å². The average Bonchev–Trinajstić information content (AvgIpc) is 2.55. The van der Waals surface area contributed by atoms with Crippen LogP contribution in [0, 0.1) is 10.1 Å². The summed E-state index contributed by atoms with van der Waals surface area (Å²) in [4.78, 5) is 34.0. The fourth-order valence-corrected chi connectivity index (χ4v) is 1.94. The zero-order chi connectivity index (χ0) is 18.1. The Kier molecular flexibility index (Phi) is 7.80. The van der Waals surface area contributed by atoms with Crippen molar-refractivity contribution in [2.24, 2.45) is 11.5 Å². The molecular weight excluding hydrogens is 314 g/mol. The van der Waals surface area contributed by atoms with Gasteiger partial charge in [-0.15, -0.1) is 0 Å². The van der Waals surface area contributed by atoms with E-state index in [4.69, 9.17) is 11.5 Å². The van der Waals surface area contributed by atoms with Crippen LogP contribution >= 0.6 is 0 Å². The van der Waals surface area contributed by atoms with Crippen LogP contribution in [0.15, 0.2) is 24.3 Å². The van der Waals surface area contributed by atoms with Crippen LogP contribution < -0.4 is 22.1 Å². The summed E-state index contributed by atoms with van der Waals surface area (Å²) < 4.78 is 0. The summed E-state index contributed by atoms with van der Waals surface area (Å²) in [6.45, 7) is 2.08. The third-order valence-electron chi connectivity index (χ3n) is 3.40. The highest BCUT2D eigenvalue weighted by Crippen LogP contribution is 2.15. The highest BCUT2D eigenvalue weighted by molar-refractivity contribution is 5.97. The smallest absolute Gasteiger partial charge is 0.269 e. The van der Waals surface area contributed by atoms with E-state index >= 15 is 0 Å². The minimum Gasteiger partial charge on any atom is -0.343 e. The maximum absolute atomic E-state index is 12.0. The van der Waals surface area contributed by atoms with Gasteiger partial charge in [0.1, 0.15) is 6.04 Å². The van der Waals surface area contributed by atoms with Crippen molar-refractivity contribution in [1.29, 1.82) is 0 Å². The number of benzene rings is 1. The lowest BCUT2D eigenvalue weighted by Crippen LogP contribution is -2.48. The normalized spacial score (nSPS) is 13.0. The highest BCUT2D eigenvalue weighted by Gasteiger charge is 2.20. The maximum Gasteiger partial charge on any atom is 0.269 e. The SMILES string of the molecule is C[C@H](NC(=O)[C@@H](N)CCCCN)C(=O)Nc1ccc([N+](=O)[O-])cc1. The topological polar surface area (TPSA) is 153 Å². The number of unbranched alkanes of at least 4 members (excludes halogenated alkanes) is 1. The molecule has 6 N–H and O–H groups in total. The molecule has 9 heteroatoms. The molecule has 0 unspecified atom stereocenters. The van der Waals surface area contributed by atoms with Gasteiger partial charge in [-0.25, -0.2) is 0 Å². The summed E-state index contributed by atoms with van der Waals surface area (Å²) in [5.74, 6) is -0.843. The Balaban J connectivity index is 2.49. The summed E-state index contributed by atoms with van der Waals surface area (Å²) in [5, 5.41) is 15.7. The van der Waals surface area contributed by atoms with E-state index in [1.165, 1.54) is 31.2 Å². The lowest BCUT2D eigenvalue weighted by atomic mass is 10.1. The van der Waals surface area contributed by atoms with Gasteiger partial charge in [0.2, 0.25) is 11.8 Å². The van der Waals surface area contributed by atoms with Crippen LogP contribution in [-0.4, -0.2) is 35.4 Å². The van der Waals surface area contributed by atoms with E-state index in [-0.39, 0.29) is 5.69 Å². The Hall–Kier alpha value is -2.52. The number of amides is 2. The van der Waals surface area contributed by atoms with Crippen molar-refractivity contribution in [2.75, 3.05) is 11.9 Å². The molecule has 132 valence electrons. The van der Waals surface area contributed by atoms with Crippen molar-refractivity contribution in [2.45, 2.75) is 38.3 Å². The molecule has 0 heterocycles. The van der Waals surface area contributed by atoms with Gasteiger partial charge in [-0.05, 0) is 38.4 Å². The van der Waals surface area contributed by atoms with Crippen LogP contribution in [0.1, 0.15) is 26.2 Å². The molecule has 0 fully saturated rings. The second kappa shape index (κ2) is 9.58. The van der Waals surface area contributed by atoms with E-state index in [0.29, 0.717) is 18.7 Å². The van der Waals surface area contributed by atoms with Crippen molar-refractivity contribution in [3.63, 3.8) is 0 Å². The number of non-ortho nitro benzene ring substituents is 1. The minimum atomic E-state index is -0.784. The fraction of sp³-hybridized carbons (Fsp3) is 0.467. The van der Waals surface area contributed by atoms with Gasteiger partial charge in [0.15, 0.2) is 0 Å². The van der Waals surface area contributed by atoms with Gasteiger partial charge in [0.25, 0.3) is 5.69 Å². The zero-order valence-electron chi connectivity index (χ0n) is 13.5. The molecule has 0 bridgehead atoms. The first-order valence-corrected chi connectivity index (χ1v) is 7.66. The van der Waals surface area contributed by atoms with Gasteiger partial charge >= 0.3 is 0 Å². The molecular formula is C15H23N5O4. The Morgan fingerprint density at radius 1 is 1.21 bits per heavy atom. The molecule has 24 heavy (non-hydrogen) atoms. The lowest BCUT2D eigenvalue weighted by molar-refractivity contribution is -0.384. The number of rotatable bonds is 9. The highest BCUT2D eigenvalue weighted by atomic mass is 16.6. The number of hydrogen-bond donors (Lipinski definition) is 4. The standard InChI is InChI=1S/C15H23N5O4/c1-10(18-15(22)13(17)4-2-3-9-16)14(21)19-11-5-7-12(8-6-11)20(23)24/h5-8,10,13H,2-4,9,16-17H2,1H3,(H,18,22)(H,19,21)/t10-,13-/m0/s1. The second-order valence-electron chi connectivity index (χ2n) is 5.41. The van der Waals surface area contributed by atoms with Crippen LogP contribution in [0.5, 0.6) is 0 Å². The molecule has 1 aromatic carbocycles. The van der Waals surface area contributed by atoms with Gasteiger partial charge in [-0.1, -0.05) is 6.42 Å². The minimum absolute atomic E-state index is 0.0715. The van der Waals surface area contributed by atoms with Crippen molar-refractivity contribution in [1.82, 2.24) is 5.32 Å². The number of nitrogens with zero attached hydrogens (tertiary/aromatic N) is 1. The molecule has 0 spiro atoms. The molecule has 9 nitrogen and oxygen atoms in total. The van der Waals surface area contributed by atoms with E-state index in [2.05, 4.69) is 10.6 Å². The molecule has 0 aromatic heterocycles. The van der Waals surface area contributed by atoms with Gasteiger partial charge in [0, 0.05) is 17.8 Å². The van der Waals surface area contributed by atoms with Gasteiger partial charge in [0.05, 0.1) is 11.0 Å². The van der Waals surface area contributed by atoms with Gasteiger partial charge in [-0.2, -0.15) is 0 Å². The fourth-order valence-electron chi connectivity index (χ4n) is 1.94. The quantitative estimate of drug-likeness (QED) is 0.292. The van der Waals surface area contributed by atoms with Crippen molar-refractivity contribution in [3.8, 4) is 0 Å². The Labute approximate surface area is 139 Å². The summed E-state index contributed by atoms with van der Waals surface area (Å²) in [6.07, 6.45) is 2.03. The van der Waals surface area contributed by atoms with E-state index in [1.807, 2.05) is 0 Å². The Morgan fingerprint density at radius 3 is 2.38 bits per heavy atom. The predicted molar refractivity (Wildman–Crippen MR) is 90.2 cm³/mol. The first-order chi connectivity index (χ1) is 11.3. The Morgan fingerprint density at radius 2 is 1.83 bits per heavy atom. The lowest BCUT2D eigenvalue weighted by Gasteiger charge is -2.17. The largest absolute Gasteiger partial charge is 0.343 e. The molecule has 1 aromatic rings. The molecule has 0 saturated heterocycles. The van der Waals surface area contributed by atoms with Crippen LogP contribution in [0.2, 0.25) is 0 Å². The van der Waals surface area contributed by atoms with E-state index in [9.17, 15) is 19.7 Å². The summed E-state index contributed by atoms with van der Waals surface area (Å²) in [7, 11) is 0. The number of nitrogens with one attached hydrogen (secondary N) is 2. The summed E-state index contributed by atoms with van der Waals surface area (Å²) in [6, 6.07) is 3.93. The first-order valence-electron chi connectivity index (χ1n) is 7.66. The zero-order valence-corrected chi connectivity index (χ0v) is 13.5. The first kappa shape index (κ1) is 19.5. The molecule has 0 aliphatic heterocycles. The van der Waals surface area contributed by atoms with Crippen molar-refractivity contribution >= 4 is 23.2 Å². The molecule has 0 aliphatic rings. The van der Waals surface area contributed by atoms with Gasteiger partial charge < -0.3 is 22.1 Å². The van der Waals surface area contributed by atoms with E-state index in [1.54, 1.807) is 0 Å². The summed E-state index contributed by atoms with van der Waals surface area (Å²) in [5.41, 5.74) is 11.5. The number of carbonyl (C=O) groups is 2. The van der Waals surface area contributed by atoms with Gasteiger partial charge in [-0.3, -0.25) is 19.7 Å². The van der Waals surface area contributed by atoms with Crippen molar-refractivity contribution < 1.29 is 14.5 Å². The molecule has 2 amide bonds. The summed E-state index contributed by atoms with van der Waals surface area (Å²) >= 11 is 0. The number of nitro groups is 1. The number of nitro benzene ring substituents is 1. The number of anilines is 1. The Bertz CT molecular complexity index is 576. The molecule has 2 atom stereocenters. The number of nitrogens with two attached hydrogens (primary N) is 2. The molecule has 0 aliphatic carbocycles. The van der Waals surface area contributed by atoms with Crippen LogP contribution in [0.4, 0.5) is 11.4 Å². The molecule has 1 rings (SSSR count). The monoisotopic (exact) mass is 337 g/mol. The van der Waals surface area contributed by atoms with E-state index < -0.39 is 28.8 Å².